The molecular weight excluding hydrogens is 230 g/mol. The Bertz CT molecular complexity index is 456. The highest BCUT2D eigenvalue weighted by Gasteiger charge is 2.19. The third-order valence-electron chi connectivity index (χ3n) is 2.05. The molecule has 0 aromatic carbocycles. The first kappa shape index (κ1) is 13.1. The summed E-state index contributed by atoms with van der Waals surface area (Å²) >= 11 is 0. The van der Waals surface area contributed by atoms with Gasteiger partial charge in [0.2, 0.25) is 0 Å². The summed E-state index contributed by atoms with van der Waals surface area (Å²) in [4.78, 5) is 21.0. The van der Waals surface area contributed by atoms with Crippen LogP contribution in [-0.2, 0) is 11.5 Å². The van der Waals surface area contributed by atoms with Crippen molar-refractivity contribution >= 4 is 5.69 Å². The Kier molecular flexibility index (Phi) is 4.58. The van der Waals surface area contributed by atoms with Gasteiger partial charge in [-0.15, -0.1) is 0 Å². The van der Waals surface area contributed by atoms with Crippen LogP contribution in [0.5, 0.6) is 5.75 Å². The molecule has 8 nitrogen and oxygen atoms in total. The summed E-state index contributed by atoms with van der Waals surface area (Å²) in [7, 11) is 0. The van der Waals surface area contributed by atoms with Crippen LogP contribution < -0.4 is 5.56 Å². The number of unbranched alkanes of at least 4 members (excludes halogenated alkanes) is 1. The maximum Gasteiger partial charge on any atom is 0.336 e. The van der Waals surface area contributed by atoms with E-state index in [1.807, 2.05) is 6.92 Å². The van der Waals surface area contributed by atoms with Crippen LogP contribution in [0.25, 0.3) is 0 Å². The molecular formula is C9H13N3O5. The summed E-state index contributed by atoms with van der Waals surface area (Å²) in [5.74, 6) is -0.927. The smallest absolute Gasteiger partial charge is 0.336 e. The standard InChI is InChI=1S/C9H13N3O5/c1-2-3-4-17-6-11-9(14)8(13)7(5-10-11)12(15)16/h5,13H,2-4,6H2,1H3. The number of hydrogen-bond donors (Lipinski definition) is 1. The molecule has 0 unspecified atom stereocenters. The van der Waals surface area contributed by atoms with Crippen LogP contribution in [0.15, 0.2) is 11.0 Å². The molecule has 17 heavy (non-hydrogen) atoms. The van der Waals surface area contributed by atoms with Crippen molar-refractivity contribution < 1.29 is 14.8 Å². The third kappa shape index (κ3) is 3.25. The minimum atomic E-state index is -0.935. The van der Waals surface area contributed by atoms with Crippen LogP contribution in [0.1, 0.15) is 19.8 Å². The second kappa shape index (κ2) is 5.94. The fourth-order valence-corrected chi connectivity index (χ4v) is 1.09. The van der Waals surface area contributed by atoms with E-state index in [4.69, 9.17) is 4.74 Å². The fourth-order valence-electron chi connectivity index (χ4n) is 1.09. The predicted octanol–water partition coefficient (Wildman–Crippen LogP) is 0.631. The van der Waals surface area contributed by atoms with E-state index in [0.717, 1.165) is 23.7 Å². The van der Waals surface area contributed by atoms with Gasteiger partial charge >= 0.3 is 11.2 Å². The van der Waals surface area contributed by atoms with Gasteiger partial charge in [0.05, 0.1) is 4.92 Å². The number of aromatic hydroxyl groups is 1. The summed E-state index contributed by atoms with van der Waals surface area (Å²) in [5.41, 5.74) is -1.64. The van der Waals surface area contributed by atoms with E-state index < -0.39 is 21.9 Å². The molecule has 0 spiro atoms. The molecule has 0 bridgehead atoms. The Hall–Kier alpha value is -1.96. The van der Waals surface area contributed by atoms with E-state index >= 15 is 0 Å². The van der Waals surface area contributed by atoms with E-state index in [1.54, 1.807) is 0 Å². The first-order valence-corrected chi connectivity index (χ1v) is 5.09. The Morgan fingerprint density at radius 2 is 2.35 bits per heavy atom. The molecule has 1 aromatic rings. The van der Waals surface area contributed by atoms with Crippen molar-refractivity contribution in [2.24, 2.45) is 0 Å². The Balaban J connectivity index is 2.79. The van der Waals surface area contributed by atoms with Crippen molar-refractivity contribution in [1.29, 1.82) is 0 Å². The van der Waals surface area contributed by atoms with E-state index in [1.165, 1.54) is 0 Å². The highest BCUT2D eigenvalue weighted by molar-refractivity contribution is 5.40. The van der Waals surface area contributed by atoms with Crippen molar-refractivity contribution in [3.63, 3.8) is 0 Å². The number of ether oxygens (including phenoxy) is 1. The minimum Gasteiger partial charge on any atom is -0.498 e. The molecule has 94 valence electrons. The summed E-state index contributed by atoms with van der Waals surface area (Å²) in [6.07, 6.45) is 2.61. The second-order valence-corrected chi connectivity index (χ2v) is 3.33. The zero-order chi connectivity index (χ0) is 12.8. The van der Waals surface area contributed by atoms with Crippen LogP contribution in [0, 0.1) is 10.1 Å². The average molecular weight is 243 g/mol. The van der Waals surface area contributed by atoms with Crippen LogP contribution in [-0.4, -0.2) is 26.4 Å². The average Bonchev–Trinajstić information content (AvgIpc) is 2.29. The molecule has 1 N–H and O–H groups in total. The van der Waals surface area contributed by atoms with Crippen LogP contribution in [0.3, 0.4) is 0 Å². The number of nitro groups is 1. The highest BCUT2D eigenvalue weighted by Crippen LogP contribution is 2.17. The van der Waals surface area contributed by atoms with Gasteiger partial charge < -0.3 is 9.84 Å². The van der Waals surface area contributed by atoms with Crippen LogP contribution >= 0.6 is 0 Å². The maximum absolute atomic E-state index is 11.4. The van der Waals surface area contributed by atoms with Crippen molar-refractivity contribution in [3.05, 3.63) is 26.7 Å². The van der Waals surface area contributed by atoms with E-state index in [9.17, 15) is 20.0 Å². The van der Waals surface area contributed by atoms with Crippen molar-refractivity contribution in [1.82, 2.24) is 9.78 Å². The summed E-state index contributed by atoms with van der Waals surface area (Å²) < 4.78 is 5.95. The Morgan fingerprint density at radius 1 is 1.65 bits per heavy atom. The number of nitrogens with zero attached hydrogens (tertiary/aromatic N) is 3. The summed E-state index contributed by atoms with van der Waals surface area (Å²) in [6, 6.07) is 0. The molecule has 0 atom stereocenters. The lowest BCUT2D eigenvalue weighted by Crippen LogP contribution is -2.24. The number of hydrogen-bond acceptors (Lipinski definition) is 6. The summed E-state index contributed by atoms with van der Waals surface area (Å²) in [6.45, 7) is 2.32. The molecule has 8 heteroatoms. The molecule has 0 aliphatic carbocycles. The lowest BCUT2D eigenvalue weighted by Gasteiger charge is -2.05. The molecule has 1 aromatic heterocycles. The molecule has 1 rings (SSSR count). The van der Waals surface area contributed by atoms with Gasteiger partial charge in [-0.25, -0.2) is 4.68 Å². The van der Waals surface area contributed by atoms with Gasteiger partial charge in [0.1, 0.15) is 12.9 Å². The zero-order valence-electron chi connectivity index (χ0n) is 9.33. The van der Waals surface area contributed by atoms with Gasteiger partial charge in [-0.05, 0) is 6.42 Å². The van der Waals surface area contributed by atoms with Gasteiger partial charge in [-0.1, -0.05) is 13.3 Å². The van der Waals surface area contributed by atoms with Gasteiger partial charge in [-0.3, -0.25) is 14.9 Å². The van der Waals surface area contributed by atoms with Gasteiger partial charge in [0.15, 0.2) is 0 Å². The SMILES string of the molecule is CCCCOCn1ncc([N+](=O)[O-])c(O)c1=O. The highest BCUT2D eigenvalue weighted by atomic mass is 16.6. The second-order valence-electron chi connectivity index (χ2n) is 3.33. The number of rotatable bonds is 6. The molecule has 0 saturated heterocycles. The largest absolute Gasteiger partial charge is 0.498 e. The molecule has 0 aliphatic rings. The topological polar surface area (TPSA) is 107 Å². The van der Waals surface area contributed by atoms with Gasteiger partial charge in [0.25, 0.3) is 5.75 Å². The van der Waals surface area contributed by atoms with Crippen molar-refractivity contribution in [2.75, 3.05) is 6.61 Å². The van der Waals surface area contributed by atoms with Gasteiger partial charge in [0, 0.05) is 6.61 Å². The lowest BCUT2D eigenvalue weighted by molar-refractivity contribution is -0.386. The predicted molar refractivity (Wildman–Crippen MR) is 57.7 cm³/mol. The Labute approximate surface area is 96.6 Å². The molecule has 0 amide bonds. The molecule has 0 aliphatic heterocycles. The van der Waals surface area contributed by atoms with Crippen molar-refractivity contribution in [3.8, 4) is 5.75 Å². The molecule has 0 radical (unpaired) electrons. The first-order chi connectivity index (χ1) is 8.07. The lowest BCUT2D eigenvalue weighted by atomic mass is 10.4. The van der Waals surface area contributed by atoms with E-state index in [-0.39, 0.29) is 6.73 Å². The van der Waals surface area contributed by atoms with Crippen molar-refractivity contribution in [2.45, 2.75) is 26.5 Å². The first-order valence-electron chi connectivity index (χ1n) is 5.09. The van der Waals surface area contributed by atoms with Gasteiger partial charge in [-0.2, -0.15) is 5.10 Å². The van der Waals surface area contributed by atoms with E-state index in [2.05, 4.69) is 5.10 Å². The maximum atomic E-state index is 11.4. The monoisotopic (exact) mass is 243 g/mol. The molecule has 0 fully saturated rings. The zero-order valence-corrected chi connectivity index (χ0v) is 9.33. The summed E-state index contributed by atoms with van der Waals surface area (Å²) in [5, 5.41) is 23.2. The minimum absolute atomic E-state index is 0.135. The normalized spacial score (nSPS) is 10.4. The Morgan fingerprint density at radius 3 is 2.94 bits per heavy atom. The quantitative estimate of drug-likeness (QED) is 0.446. The van der Waals surface area contributed by atoms with E-state index in [0.29, 0.717) is 6.61 Å². The number of aromatic nitrogens is 2. The molecule has 1 heterocycles. The molecule has 0 saturated carbocycles. The van der Waals surface area contributed by atoms with Crippen LogP contribution in [0.4, 0.5) is 5.69 Å². The van der Waals surface area contributed by atoms with Crippen LogP contribution in [0.2, 0.25) is 0 Å². The third-order valence-corrected chi connectivity index (χ3v) is 2.05. The fraction of sp³-hybridized carbons (Fsp3) is 0.556.